The first-order chi connectivity index (χ1) is 27.5. The van der Waals surface area contributed by atoms with E-state index in [0.717, 1.165) is 43.1 Å². The summed E-state index contributed by atoms with van der Waals surface area (Å²) in [5.74, 6) is -1.70. The molecule has 1 aromatic heterocycles. The first kappa shape index (κ1) is 39.1. The Balaban J connectivity index is 1.14. The molecule has 3 aliphatic heterocycles. The van der Waals surface area contributed by atoms with Crippen molar-refractivity contribution in [3.05, 3.63) is 48.6 Å². The number of benzene rings is 1. The van der Waals surface area contributed by atoms with Gasteiger partial charge in [-0.1, -0.05) is 31.1 Å². The van der Waals surface area contributed by atoms with Gasteiger partial charge in [-0.2, -0.15) is 0 Å². The first-order valence-electron chi connectivity index (χ1n) is 20.2. The van der Waals surface area contributed by atoms with Gasteiger partial charge < -0.3 is 34.5 Å². The van der Waals surface area contributed by atoms with E-state index in [9.17, 15) is 27.6 Å². The number of fused-ring (bicyclic) bond motifs is 5. The normalized spacial score (nSPS) is 31.4. The van der Waals surface area contributed by atoms with Gasteiger partial charge in [0.2, 0.25) is 27.7 Å². The number of carbonyl (C=O) groups excluding carboxylic acids is 4. The van der Waals surface area contributed by atoms with E-state index < -0.39 is 74.8 Å². The molecule has 16 heteroatoms. The Labute approximate surface area is 332 Å². The van der Waals surface area contributed by atoms with Gasteiger partial charge in [0.15, 0.2) is 0 Å². The van der Waals surface area contributed by atoms with E-state index in [4.69, 9.17) is 23.9 Å². The van der Waals surface area contributed by atoms with E-state index in [0.29, 0.717) is 49.4 Å². The lowest BCUT2D eigenvalue weighted by Crippen LogP contribution is -2.59. The van der Waals surface area contributed by atoms with Crippen LogP contribution < -0.4 is 24.8 Å². The summed E-state index contributed by atoms with van der Waals surface area (Å²) in [6.07, 6.45) is 10.3. The van der Waals surface area contributed by atoms with Crippen molar-refractivity contribution in [1.82, 2.24) is 25.2 Å². The second-order valence-electron chi connectivity index (χ2n) is 16.3. The molecule has 5 fully saturated rings. The predicted molar refractivity (Wildman–Crippen MR) is 208 cm³/mol. The minimum Gasteiger partial charge on any atom is -0.497 e. The molecule has 4 heterocycles. The second kappa shape index (κ2) is 15.9. The van der Waals surface area contributed by atoms with Crippen LogP contribution in [0.1, 0.15) is 76.2 Å². The maximum Gasteiger partial charge on any atom is 0.408 e. The average Bonchev–Trinajstić information content (AvgIpc) is 3.98. The molecule has 4 amide bonds. The lowest BCUT2D eigenvalue weighted by Gasteiger charge is -2.32. The standard InChI is InChI=1S/C41H51N5O10S/c1-3-28-20-41(28,39(49)45-57(51,52)31-15-16-31)44-36(47)33-19-30-21-46(33)38(48)35(24-9-7-8-10-24)43-40(50)56-34-23-54-22-27(34)12-6-4-5-11-26-17-25-13-14-29(53-2)18-32(25)42-37(26)55-30/h3,5,11,13-14,17-18,24,27-28,30-31,33-35H,1,4,6-10,12,15-16,19-23H2,2H3,(H,43,50)(H,44,47)(H,45,49)/b11-5+/t27-,28+,30+,33-,34-,35-,41+/m0/s1. The van der Waals surface area contributed by atoms with Crippen LogP contribution in [0.5, 0.6) is 11.6 Å². The fraction of sp³-hybridized carbons (Fsp3) is 0.585. The molecule has 0 spiro atoms. The molecule has 2 saturated heterocycles. The van der Waals surface area contributed by atoms with Crippen molar-refractivity contribution in [2.75, 3.05) is 26.9 Å². The highest BCUT2D eigenvalue weighted by Crippen LogP contribution is 2.46. The smallest absolute Gasteiger partial charge is 0.408 e. The number of hydrogen-bond acceptors (Lipinski definition) is 11. The van der Waals surface area contributed by atoms with Gasteiger partial charge in [0.25, 0.3) is 5.91 Å². The zero-order chi connectivity index (χ0) is 39.9. The van der Waals surface area contributed by atoms with Crippen molar-refractivity contribution in [3.63, 3.8) is 0 Å². The summed E-state index contributed by atoms with van der Waals surface area (Å²) in [5, 5.41) is 5.97. The molecule has 2 aromatic rings. The number of rotatable bonds is 8. The van der Waals surface area contributed by atoms with Crippen molar-refractivity contribution < 1.29 is 46.5 Å². The van der Waals surface area contributed by atoms with Crippen LogP contribution in [0.2, 0.25) is 0 Å². The number of sulfonamides is 1. The van der Waals surface area contributed by atoms with Crippen molar-refractivity contribution in [2.45, 2.75) is 106 Å². The van der Waals surface area contributed by atoms with Crippen LogP contribution in [-0.4, -0.2) is 104 Å². The zero-order valence-electron chi connectivity index (χ0n) is 32.2. The maximum atomic E-state index is 14.8. The second-order valence-corrected chi connectivity index (χ2v) is 18.3. The van der Waals surface area contributed by atoms with Gasteiger partial charge in [-0.15, -0.1) is 6.58 Å². The highest BCUT2D eigenvalue weighted by molar-refractivity contribution is 7.91. The summed E-state index contributed by atoms with van der Waals surface area (Å²) in [4.78, 5) is 62.8. The van der Waals surface area contributed by atoms with Crippen LogP contribution in [0, 0.1) is 17.8 Å². The molecule has 7 atom stereocenters. The van der Waals surface area contributed by atoms with Crippen molar-refractivity contribution in [3.8, 4) is 11.6 Å². The summed E-state index contributed by atoms with van der Waals surface area (Å²) >= 11 is 0. The third kappa shape index (κ3) is 8.20. The van der Waals surface area contributed by atoms with E-state index in [1.807, 2.05) is 36.4 Å². The molecule has 3 N–H and O–H groups in total. The Morgan fingerprint density at radius 1 is 1.05 bits per heavy atom. The Morgan fingerprint density at radius 3 is 2.58 bits per heavy atom. The van der Waals surface area contributed by atoms with Gasteiger partial charge in [0, 0.05) is 35.3 Å². The van der Waals surface area contributed by atoms with E-state index in [1.165, 1.54) is 11.0 Å². The van der Waals surface area contributed by atoms with Gasteiger partial charge >= 0.3 is 6.09 Å². The van der Waals surface area contributed by atoms with E-state index in [2.05, 4.69) is 21.9 Å². The number of methoxy groups -OCH3 is 1. The summed E-state index contributed by atoms with van der Waals surface area (Å²) in [5.41, 5.74) is -0.191. The lowest BCUT2D eigenvalue weighted by atomic mass is 9.96. The minimum atomic E-state index is -3.91. The number of nitrogens with zero attached hydrogens (tertiary/aromatic N) is 2. The maximum absolute atomic E-state index is 14.8. The molecule has 15 nitrogen and oxygen atoms in total. The number of hydrogen-bond donors (Lipinski definition) is 3. The molecule has 6 aliphatic rings. The van der Waals surface area contributed by atoms with Crippen molar-refractivity contribution in [1.29, 1.82) is 0 Å². The fourth-order valence-corrected chi connectivity index (χ4v) is 10.2. The summed E-state index contributed by atoms with van der Waals surface area (Å²) in [6.45, 7) is 4.52. The van der Waals surface area contributed by atoms with E-state index in [-0.39, 0.29) is 37.8 Å². The highest BCUT2D eigenvalue weighted by Gasteiger charge is 2.62. The Morgan fingerprint density at radius 2 is 1.84 bits per heavy atom. The zero-order valence-corrected chi connectivity index (χ0v) is 33.0. The molecular weight excluding hydrogens is 755 g/mol. The largest absolute Gasteiger partial charge is 0.497 e. The molecule has 2 bridgehead atoms. The highest BCUT2D eigenvalue weighted by atomic mass is 32.2. The third-order valence-electron chi connectivity index (χ3n) is 12.4. The van der Waals surface area contributed by atoms with Crippen LogP contribution in [-0.2, 0) is 33.9 Å². The molecular formula is C41H51N5O10S. The monoisotopic (exact) mass is 805 g/mol. The fourth-order valence-electron chi connectivity index (χ4n) is 8.87. The molecule has 3 saturated carbocycles. The average molecular weight is 806 g/mol. The molecule has 0 unspecified atom stereocenters. The number of carbonyl (C=O) groups is 4. The van der Waals surface area contributed by atoms with E-state index in [1.54, 1.807) is 7.11 Å². The quantitative estimate of drug-likeness (QED) is 0.330. The Kier molecular flexibility index (Phi) is 10.9. The minimum absolute atomic E-state index is 0.00195. The molecule has 8 rings (SSSR count). The number of pyridine rings is 1. The van der Waals surface area contributed by atoms with Gasteiger partial charge in [-0.3, -0.25) is 19.1 Å². The van der Waals surface area contributed by atoms with Gasteiger partial charge in [-0.25, -0.2) is 18.2 Å². The van der Waals surface area contributed by atoms with Crippen LogP contribution in [0.25, 0.3) is 17.0 Å². The number of allylic oxidation sites excluding steroid dienone is 1. The number of amides is 4. The van der Waals surface area contributed by atoms with Gasteiger partial charge in [0.05, 0.1) is 37.6 Å². The molecule has 0 radical (unpaired) electrons. The van der Waals surface area contributed by atoms with Crippen molar-refractivity contribution in [2.24, 2.45) is 17.8 Å². The number of aromatic nitrogens is 1. The summed E-state index contributed by atoms with van der Waals surface area (Å²) in [7, 11) is -2.33. The van der Waals surface area contributed by atoms with Gasteiger partial charge in [0.1, 0.15) is 35.6 Å². The van der Waals surface area contributed by atoms with Crippen LogP contribution in [0.3, 0.4) is 0 Å². The van der Waals surface area contributed by atoms with Gasteiger partial charge in [-0.05, 0) is 75.5 Å². The van der Waals surface area contributed by atoms with Crippen molar-refractivity contribution >= 4 is 50.8 Å². The van der Waals surface area contributed by atoms with Crippen LogP contribution in [0.15, 0.2) is 43.0 Å². The third-order valence-corrected chi connectivity index (χ3v) is 14.3. The number of ether oxygens (including phenoxy) is 4. The topological polar surface area (TPSA) is 192 Å². The van der Waals surface area contributed by atoms with Crippen LogP contribution >= 0.6 is 0 Å². The molecule has 3 aliphatic carbocycles. The summed E-state index contributed by atoms with van der Waals surface area (Å²) in [6, 6.07) is 5.46. The SMILES string of the molecule is C=C[C@@H]1C[C@]1(NC(=O)[C@@H]1C[C@@H]2CN1C(=O)[C@H](C1CCCC1)NC(=O)O[C@H]1COC[C@@H]1CCC/C=C/c1cc3ccc(OC)cc3nc1O2)C(=O)NS(=O)(=O)C1CC1. The summed E-state index contributed by atoms with van der Waals surface area (Å²) < 4.78 is 51.5. The first-order valence-corrected chi connectivity index (χ1v) is 21.7. The Bertz CT molecular complexity index is 2070. The predicted octanol–water partition coefficient (Wildman–Crippen LogP) is 3.76. The van der Waals surface area contributed by atoms with Crippen LogP contribution in [0.4, 0.5) is 4.79 Å². The number of alkyl carbamates (subject to hydrolysis) is 1. The molecule has 1 aromatic carbocycles. The molecule has 306 valence electrons. The Hall–Kier alpha value is -4.70. The van der Waals surface area contributed by atoms with E-state index >= 15 is 0 Å². The molecule has 57 heavy (non-hydrogen) atoms. The lowest BCUT2D eigenvalue weighted by molar-refractivity contribution is -0.142. The number of nitrogens with one attached hydrogen (secondary N) is 3.